The first-order valence-corrected chi connectivity index (χ1v) is 8.12. The van der Waals surface area contributed by atoms with Crippen LogP contribution < -0.4 is 16.0 Å². The summed E-state index contributed by atoms with van der Waals surface area (Å²) in [6, 6.07) is 4.95. The fourth-order valence-electron chi connectivity index (χ4n) is 2.44. The number of H-pyrrole nitrogens is 1. The fraction of sp³-hybridized carbons (Fsp3) is 0.294. The first-order chi connectivity index (χ1) is 12.0. The second-order valence-corrected chi connectivity index (χ2v) is 6.02. The maximum absolute atomic E-state index is 11.8. The lowest BCUT2D eigenvalue weighted by Gasteiger charge is -2.11. The minimum Gasteiger partial charge on any atom is -0.492 e. The smallest absolute Gasteiger partial charge is 0.351 e. The summed E-state index contributed by atoms with van der Waals surface area (Å²) in [4.78, 5) is 39.8. The van der Waals surface area contributed by atoms with Crippen LogP contribution in [0.25, 0.3) is 22.4 Å². The van der Waals surface area contributed by atoms with Gasteiger partial charge in [-0.3, -0.25) is 9.78 Å². The maximum atomic E-state index is 11.8. The van der Waals surface area contributed by atoms with Crippen LogP contribution in [0.2, 0.25) is 5.02 Å². The highest BCUT2D eigenvalue weighted by Gasteiger charge is 2.17. The van der Waals surface area contributed by atoms with Gasteiger partial charge in [-0.15, -0.1) is 0 Å². The number of benzene rings is 1. The lowest BCUT2D eigenvalue weighted by Crippen LogP contribution is -2.24. The zero-order valence-electron chi connectivity index (χ0n) is 13.4. The van der Waals surface area contributed by atoms with Gasteiger partial charge in [0.15, 0.2) is 5.58 Å². The molecule has 0 aliphatic carbocycles. The highest BCUT2D eigenvalue weighted by molar-refractivity contribution is 6.36. The summed E-state index contributed by atoms with van der Waals surface area (Å²) in [7, 11) is 0. The number of ketones is 1. The van der Waals surface area contributed by atoms with Crippen LogP contribution in [0.5, 0.6) is 5.75 Å². The highest BCUT2D eigenvalue weighted by atomic mass is 35.5. The van der Waals surface area contributed by atoms with Gasteiger partial charge in [0.05, 0.1) is 6.61 Å². The third-order valence-corrected chi connectivity index (χ3v) is 4.03. The molecule has 0 atom stereocenters. The fourth-order valence-corrected chi connectivity index (χ4v) is 2.70. The molecule has 7 nitrogen and oxygen atoms in total. The van der Waals surface area contributed by atoms with Gasteiger partial charge in [-0.1, -0.05) is 11.6 Å². The number of carbonyl (C=O) groups is 1. The van der Waals surface area contributed by atoms with E-state index in [4.69, 9.17) is 20.8 Å². The average molecular weight is 363 g/mol. The first kappa shape index (κ1) is 17.2. The molecule has 0 aromatic heterocycles. The summed E-state index contributed by atoms with van der Waals surface area (Å²) < 4.78 is 11.2. The third-order valence-electron chi connectivity index (χ3n) is 3.67. The SMILES string of the molecule is CC(=O)CCCCOc1ccc2cc3c(=O)[nH]c(=O)nc-3oc2c1Cl. The van der Waals surface area contributed by atoms with E-state index in [9.17, 15) is 14.4 Å². The summed E-state index contributed by atoms with van der Waals surface area (Å²) in [6.07, 6.45) is 1.99. The van der Waals surface area contributed by atoms with E-state index in [1.54, 1.807) is 25.1 Å². The number of nitrogens with zero attached hydrogens (tertiary/aromatic N) is 1. The second kappa shape index (κ2) is 7.06. The predicted molar refractivity (Wildman–Crippen MR) is 92.6 cm³/mol. The van der Waals surface area contributed by atoms with Crippen molar-refractivity contribution in [1.82, 2.24) is 9.97 Å². The molecule has 0 saturated heterocycles. The van der Waals surface area contributed by atoms with Gasteiger partial charge in [-0.25, -0.2) is 4.79 Å². The lowest BCUT2D eigenvalue weighted by molar-refractivity contribution is -0.117. The zero-order valence-corrected chi connectivity index (χ0v) is 14.2. The van der Waals surface area contributed by atoms with Crippen molar-refractivity contribution in [2.75, 3.05) is 6.61 Å². The second-order valence-electron chi connectivity index (χ2n) is 5.64. The molecule has 1 aromatic rings. The quantitative estimate of drug-likeness (QED) is 0.534. The first-order valence-electron chi connectivity index (χ1n) is 7.74. The van der Waals surface area contributed by atoms with E-state index in [2.05, 4.69) is 9.97 Å². The molecule has 0 saturated carbocycles. The topological polar surface area (TPSA) is 102 Å². The summed E-state index contributed by atoms with van der Waals surface area (Å²) in [5.41, 5.74) is -0.897. The number of unbranched alkanes of at least 4 members (excludes halogenated alkanes) is 1. The Labute approximate surface area is 146 Å². The van der Waals surface area contributed by atoms with Gasteiger partial charge in [-0.2, -0.15) is 4.98 Å². The Morgan fingerprint density at radius 1 is 1.32 bits per heavy atom. The Balaban J connectivity index is 1.90. The van der Waals surface area contributed by atoms with Crippen molar-refractivity contribution in [2.24, 2.45) is 0 Å². The molecule has 3 rings (SSSR count). The van der Waals surface area contributed by atoms with Crippen molar-refractivity contribution in [3.63, 3.8) is 0 Å². The average Bonchev–Trinajstić information content (AvgIpc) is 2.55. The number of carbonyl (C=O) groups excluding carboxylic acids is 1. The summed E-state index contributed by atoms with van der Waals surface area (Å²) in [5.74, 6) is 0.490. The number of rotatable bonds is 6. The summed E-state index contributed by atoms with van der Waals surface area (Å²) in [6.45, 7) is 1.97. The van der Waals surface area contributed by atoms with Gasteiger partial charge >= 0.3 is 5.69 Å². The molecule has 0 amide bonds. The minimum absolute atomic E-state index is 0.0817. The lowest BCUT2D eigenvalue weighted by atomic mass is 10.1. The molecule has 0 fully saturated rings. The highest BCUT2D eigenvalue weighted by Crippen LogP contribution is 2.35. The van der Waals surface area contributed by atoms with Gasteiger partial charge in [0.1, 0.15) is 22.1 Å². The van der Waals surface area contributed by atoms with E-state index < -0.39 is 11.2 Å². The van der Waals surface area contributed by atoms with Gasteiger partial charge in [0, 0.05) is 11.8 Å². The van der Waals surface area contributed by atoms with Crippen LogP contribution >= 0.6 is 11.6 Å². The maximum Gasteiger partial charge on any atom is 0.351 e. The number of hydrogen-bond donors (Lipinski definition) is 1. The molecule has 0 spiro atoms. The molecular formula is C17H15ClN2O5. The van der Waals surface area contributed by atoms with Crippen LogP contribution in [0.15, 0.2) is 32.2 Å². The summed E-state index contributed by atoms with van der Waals surface area (Å²) >= 11 is 6.32. The molecule has 0 unspecified atom stereocenters. The van der Waals surface area contributed by atoms with Crippen LogP contribution in [-0.2, 0) is 4.79 Å². The van der Waals surface area contributed by atoms with Gasteiger partial charge in [-0.05, 0) is 38.0 Å². The standard InChI is InChI=1S/C17H15ClN2O5/c1-9(21)4-2-3-7-24-12-6-5-10-8-11-15(22)19-17(23)20-16(11)25-14(10)13(12)18/h5-6,8H,2-4,7H2,1H3,(H,19,22,23). The van der Waals surface area contributed by atoms with Crippen molar-refractivity contribution >= 4 is 28.4 Å². The van der Waals surface area contributed by atoms with E-state index in [-0.39, 0.29) is 27.8 Å². The molecular weight excluding hydrogens is 348 g/mol. The van der Waals surface area contributed by atoms with E-state index in [0.29, 0.717) is 24.2 Å². The monoisotopic (exact) mass is 362 g/mol. The van der Waals surface area contributed by atoms with E-state index in [0.717, 1.165) is 12.8 Å². The molecule has 1 N–H and O–H groups in total. The van der Waals surface area contributed by atoms with Crippen molar-refractivity contribution in [3.05, 3.63) is 44.1 Å². The largest absolute Gasteiger partial charge is 0.492 e. The van der Waals surface area contributed by atoms with Gasteiger partial charge in [0.2, 0.25) is 5.89 Å². The number of fused-ring (bicyclic) bond motifs is 2. The molecule has 25 heavy (non-hydrogen) atoms. The molecule has 2 aliphatic heterocycles. The van der Waals surface area contributed by atoms with Crippen LogP contribution in [0, 0.1) is 0 Å². The van der Waals surface area contributed by atoms with Crippen molar-refractivity contribution < 1.29 is 13.9 Å². The Bertz CT molecular complexity index is 1020. The van der Waals surface area contributed by atoms with Crippen molar-refractivity contribution in [2.45, 2.75) is 26.2 Å². The zero-order chi connectivity index (χ0) is 18.0. The normalized spacial score (nSPS) is 11.1. The molecule has 2 aliphatic rings. The van der Waals surface area contributed by atoms with E-state index >= 15 is 0 Å². The molecule has 2 heterocycles. The molecule has 130 valence electrons. The molecule has 0 radical (unpaired) electrons. The predicted octanol–water partition coefficient (Wildman–Crippen LogP) is 2.77. The number of hydrogen-bond acceptors (Lipinski definition) is 6. The Kier molecular flexibility index (Phi) is 4.85. The molecule has 1 aromatic carbocycles. The number of nitrogens with one attached hydrogen (secondary N) is 1. The Hall–Kier alpha value is -2.67. The van der Waals surface area contributed by atoms with Crippen LogP contribution in [0.3, 0.4) is 0 Å². The Morgan fingerprint density at radius 2 is 2.12 bits per heavy atom. The molecule has 0 bridgehead atoms. The minimum atomic E-state index is -0.783. The van der Waals surface area contributed by atoms with E-state index in [1.807, 2.05) is 0 Å². The third kappa shape index (κ3) is 3.71. The number of Topliss-reactive ketones (excluding diaryl/α,β-unsaturated/α-hetero) is 1. The molecule has 8 heteroatoms. The summed E-state index contributed by atoms with van der Waals surface area (Å²) in [5, 5.41) is 0.827. The van der Waals surface area contributed by atoms with E-state index in [1.165, 1.54) is 0 Å². The van der Waals surface area contributed by atoms with Gasteiger partial charge < -0.3 is 13.9 Å². The van der Waals surface area contributed by atoms with Crippen LogP contribution in [-0.4, -0.2) is 22.4 Å². The van der Waals surface area contributed by atoms with Crippen molar-refractivity contribution in [1.29, 1.82) is 0 Å². The van der Waals surface area contributed by atoms with Gasteiger partial charge in [0.25, 0.3) is 5.56 Å². The number of halogens is 1. The number of ether oxygens (including phenoxy) is 1. The number of aromatic nitrogens is 2. The van der Waals surface area contributed by atoms with Crippen LogP contribution in [0.4, 0.5) is 0 Å². The number of aromatic amines is 1. The van der Waals surface area contributed by atoms with Crippen molar-refractivity contribution in [3.8, 4) is 17.2 Å². The Morgan fingerprint density at radius 3 is 2.88 bits per heavy atom. The van der Waals surface area contributed by atoms with Crippen LogP contribution in [0.1, 0.15) is 26.2 Å².